The molecule has 0 unspecified atom stereocenters. The number of amides is 1. The summed E-state index contributed by atoms with van der Waals surface area (Å²) in [6, 6.07) is 17.6. The smallest absolute Gasteiger partial charge is 0.227 e. The van der Waals surface area contributed by atoms with Crippen molar-refractivity contribution in [3.8, 4) is 5.75 Å². The molecule has 1 spiro atoms. The molecular formula is C23H27NO4. The third-order valence-corrected chi connectivity index (χ3v) is 6.34. The van der Waals surface area contributed by atoms with Crippen LogP contribution in [0.1, 0.15) is 24.0 Å². The number of rotatable bonds is 6. The molecule has 1 aliphatic carbocycles. The maximum Gasteiger partial charge on any atom is 0.227 e. The van der Waals surface area contributed by atoms with E-state index in [2.05, 4.69) is 0 Å². The molecule has 28 heavy (non-hydrogen) atoms. The Bertz CT molecular complexity index is 822. The minimum atomic E-state index is -0.612. The highest BCUT2D eigenvalue weighted by Crippen LogP contribution is 2.68. The zero-order valence-electron chi connectivity index (χ0n) is 16.1. The van der Waals surface area contributed by atoms with Gasteiger partial charge in [0.1, 0.15) is 5.75 Å². The molecule has 1 saturated heterocycles. The fourth-order valence-corrected chi connectivity index (χ4v) is 4.91. The highest BCUT2D eigenvalue weighted by molar-refractivity contribution is 5.79. The van der Waals surface area contributed by atoms with Crippen LogP contribution < -0.4 is 4.74 Å². The van der Waals surface area contributed by atoms with E-state index in [1.165, 1.54) is 0 Å². The van der Waals surface area contributed by atoms with Crippen molar-refractivity contribution in [2.24, 2.45) is 11.3 Å². The number of aliphatic hydroxyl groups excluding tert-OH is 2. The van der Waals surface area contributed by atoms with Gasteiger partial charge in [0.2, 0.25) is 5.91 Å². The molecular weight excluding hydrogens is 354 g/mol. The number of hydrogen-bond donors (Lipinski definition) is 2. The average Bonchev–Trinajstić information content (AvgIpc) is 3.25. The van der Waals surface area contributed by atoms with Gasteiger partial charge in [-0.05, 0) is 42.0 Å². The quantitative estimate of drug-likeness (QED) is 0.805. The first-order chi connectivity index (χ1) is 13.6. The highest BCUT2D eigenvalue weighted by Gasteiger charge is 2.71. The van der Waals surface area contributed by atoms with Crippen molar-refractivity contribution in [1.29, 1.82) is 0 Å². The molecule has 1 saturated carbocycles. The first kappa shape index (κ1) is 19.0. The van der Waals surface area contributed by atoms with Crippen LogP contribution in [0.4, 0.5) is 0 Å². The van der Waals surface area contributed by atoms with Crippen molar-refractivity contribution in [2.75, 3.05) is 26.3 Å². The summed E-state index contributed by atoms with van der Waals surface area (Å²) in [5.41, 5.74) is 1.63. The molecule has 1 heterocycles. The third-order valence-electron chi connectivity index (χ3n) is 6.34. The number of nitrogens with zero attached hydrogens (tertiary/aromatic N) is 1. The predicted octanol–water partition coefficient (Wildman–Crippen LogP) is 2.22. The summed E-state index contributed by atoms with van der Waals surface area (Å²) in [5.74, 6) is 0.893. The minimum Gasteiger partial charge on any atom is -0.494 e. The Balaban J connectivity index is 1.45. The fraction of sp³-hybridized carbons (Fsp3) is 0.435. The zero-order valence-corrected chi connectivity index (χ0v) is 16.1. The molecule has 2 N–H and O–H groups in total. The van der Waals surface area contributed by atoms with Crippen LogP contribution in [0.3, 0.4) is 0 Å². The number of benzene rings is 2. The molecule has 1 amide bonds. The Kier molecular flexibility index (Phi) is 5.13. The van der Waals surface area contributed by atoms with Crippen LogP contribution in [0.15, 0.2) is 54.6 Å². The Morgan fingerprint density at radius 3 is 2.54 bits per heavy atom. The second-order valence-electron chi connectivity index (χ2n) is 7.83. The van der Waals surface area contributed by atoms with Crippen molar-refractivity contribution in [3.63, 3.8) is 0 Å². The molecule has 1 aliphatic heterocycles. The van der Waals surface area contributed by atoms with Crippen LogP contribution in [0.25, 0.3) is 0 Å². The lowest BCUT2D eigenvalue weighted by atomic mass is 9.95. The number of carbonyl (C=O) groups excluding carboxylic acids is 1. The Labute approximate surface area is 165 Å². The molecule has 4 rings (SSSR count). The van der Waals surface area contributed by atoms with Crippen LogP contribution in [-0.4, -0.2) is 53.4 Å². The number of likely N-dealkylation sites (tertiary alicyclic amines) is 1. The van der Waals surface area contributed by atoms with E-state index in [1.54, 1.807) is 4.90 Å². The van der Waals surface area contributed by atoms with E-state index in [4.69, 9.17) is 4.74 Å². The van der Waals surface area contributed by atoms with E-state index in [-0.39, 0.29) is 24.3 Å². The normalized spacial score (nSPS) is 28.5. The molecule has 2 fully saturated rings. The number of ether oxygens (including phenoxy) is 1. The van der Waals surface area contributed by atoms with Crippen molar-refractivity contribution in [3.05, 3.63) is 65.7 Å². The van der Waals surface area contributed by atoms with Crippen LogP contribution in [0.5, 0.6) is 5.75 Å². The van der Waals surface area contributed by atoms with Gasteiger partial charge in [-0.15, -0.1) is 0 Å². The summed E-state index contributed by atoms with van der Waals surface area (Å²) in [6.45, 7) is 3.40. The van der Waals surface area contributed by atoms with Gasteiger partial charge in [-0.2, -0.15) is 0 Å². The molecule has 0 bridgehead atoms. The summed E-state index contributed by atoms with van der Waals surface area (Å²) in [7, 11) is 0. The number of aliphatic hydroxyl groups is 2. The number of hydrogen-bond acceptors (Lipinski definition) is 4. The maximum atomic E-state index is 12.8. The van der Waals surface area contributed by atoms with Crippen LogP contribution in [-0.2, 0) is 11.2 Å². The SMILES string of the molecule is CCOc1ccc(CC(=O)N2C[C@H](O)[C@@]3(C2)[C@H](CO)[C@H]3c2ccccc2)cc1. The van der Waals surface area contributed by atoms with Crippen molar-refractivity contribution in [1.82, 2.24) is 4.90 Å². The maximum absolute atomic E-state index is 12.8. The van der Waals surface area contributed by atoms with Gasteiger partial charge in [0.25, 0.3) is 0 Å². The molecule has 0 aromatic heterocycles. The second kappa shape index (κ2) is 7.57. The molecule has 5 heteroatoms. The standard InChI is InChI=1S/C23H27NO4/c1-2-28-18-10-8-16(9-11-18)12-21(27)24-13-20(26)23(15-24)19(14-25)22(23)17-6-4-3-5-7-17/h3-11,19-20,22,25-26H,2,12-15H2,1H3/t19-,20+,22-,23-/m1/s1. The van der Waals surface area contributed by atoms with Gasteiger partial charge in [0.05, 0.1) is 19.1 Å². The lowest BCUT2D eigenvalue weighted by molar-refractivity contribution is -0.129. The Morgan fingerprint density at radius 2 is 1.89 bits per heavy atom. The van der Waals surface area contributed by atoms with Crippen molar-refractivity contribution < 1.29 is 19.7 Å². The topological polar surface area (TPSA) is 70.0 Å². The summed E-state index contributed by atoms with van der Waals surface area (Å²) < 4.78 is 5.44. The van der Waals surface area contributed by atoms with Crippen molar-refractivity contribution >= 4 is 5.91 Å². The van der Waals surface area contributed by atoms with Gasteiger partial charge in [-0.3, -0.25) is 4.79 Å². The lowest BCUT2D eigenvalue weighted by Gasteiger charge is -2.17. The summed E-state index contributed by atoms with van der Waals surface area (Å²) in [4.78, 5) is 14.6. The molecule has 5 nitrogen and oxygen atoms in total. The number of carbonyl (C=O) groups is 1. The molecule has 2 aromatic carbocycles. The first-order valence-electron chi connectivity index (χ1n) is 9.93. The van der Waals surface area contributed by atoms with Crippen LogP contribution in [0, 0.1) is 11.3 Å². The number of β-amino-alcohol motifs (C(OH)–C–C–N with tert-alkyl or cyclic N) is 1. The first-order valence-corrected chi connectivity index (χ1v) is 9.93. The fourth-order valence-electron chi connectivity index (χ4n) is 4.91. The summed E-state index contributed by atoms with van der Waals surface area (Å²) in [5, 5.41) is 20.7. The van der Waals surface area contributed by atoms with Gasteiger partial charge in [-0.1, -0.05) is 42.5 Å². The second-order valence-corrected chi connectivity index (χ2v) is 7.83. The van der Waals surface area contributed by atoms with E-state index in [0.29, 0.717) is 26.1 Å². The van der Waals surface area contributed by atoms with E-state index in [1.807, 2.05) is 61.5 Å². The van der Waals surface area contributed by atoms with Crippen molar-refractivity contribution in [2.45, 2.75) is 25.4 Å². The summed E-state index contributed by atoms with van der Waals surface area (Å²) >= 11 is 0. The third kappa shape index (κ3) is 3.19. The largest absolute Gasteiger partial charge is 0.494 e. The van der Waals surface area contributed by atoms with E-state index in [9.17, 15) is 15.0 Å². The molecule has 4 atom stereocenters. The van der Waals surface area contributed by atoms with Gasteiger partial charge in [0, 0.05) is 25.1 Å². The summed E-state index contributed by atoms with van der Waals surface area (Å²) in [6.07, 6.45) is -0.311. The van der Waals surface area contributed by atoms with Crippen LogP contribution >= 0.6 is 0 Å². The molecule has 2 aliphatic rings. The van der Waals surface area contributed by atoms with Gasteiger partial charge >= 0.3 is 0 Å². The molecule has 148 valence electrons. The van der Waals surface area contributed by atoms with Gasteiger partial charge in [-0.25, -0.2) is 0 Å². The Morgan fingerprint density at radius 1 is 1.18 bits per heavy atom. The zero-order chi connectivity index (χ0) is 19.7. The average molecular weight is 381 g/mol. The monoisotopic (exact) mass is 381 g/mol. The van der Waals surface area contributed by atoms with Gasteiger partial charge < -0.3 is 19.8 Å². The van der Waals surface area contributed by atoms with Crippen LogP contribution in [0.2, 0.25) is 0 Å². The predicted molar refractivity (Wildman–Crippen MR) is 106 cm³/mol. The van der Waals surface area contributed by atoms with E-state index in [0.717, 1.165) is 16.9 Å². The lowest BCUT2D eigenvalue weighted by Crippen LogP contribution is -2.31. The van der Waals surface area contributed by atoms with E-state index < -0.39 is 11.5 Å². The molecule has 2 aromatic rings. The van der Waals surface area contributed by atoms with Gasteiger partial charge in [0.15, 0.2) is 0 Å². The van der Waals surface area contributed by atoms with E-state index >= 15 is 0 Å². The Hall–Kier alpha value is -2.37. The minimum absolute atomic E-state index is 0.00632. The highest BCUT2D eigenvalue weighted by atomic mass is 16.5. The molecule has 0 radical (unpaired) electrons.